The van der Waals surface area contributed by atoms with Gasteiger partial charge in [0.25, 0.3) is 5.89 Å². The van der Waals surface area contributed by atoms with Crippen molar-refractivity contribution in [3.63, 3.8) is 0 Å². The van der Waals surface area contributed by atoms with E-state index in [1.165, 1.54) is 29.5 Å². The second-order valence-corrected chi connectivity index (χ2v) is 9.71. The molecular formula is C20H18FN3O4S2. The van der Waals surface area contributed by atoms with Crippen molar-refractivity contribution in [2.75, 3.05) is 0 Å². The van der Waals surface area contributed by atoms with Crippen LogP contribution in [0.4, 0.5) is 4.39 Å². The monoisotopic (exact) mass is 447 g/mol. The van der Waals surface area contributed by atoms with Gasteiger partial charge in [0.05, 0.1) is 16.0 Å². The Bertz CT molecular complexity index is 1260. The maximum absolute atomic E-state index is 13.4. The van der Waals surface area contributed by atoms with Crippen LogP contribution < -0.4 is 4.72 Å². The number of halogens is 1. The molecule has 4 rings (SSSR count). The van der Waals surface area contributed by atoms with E-state index in [4.69, 9.17) is 8.94 Å². The highest BCUT2D eigenvalue weighted by atomic mass is 32.2. The van der Waals surface area contributed by atoms with Crippen LogP contribution in [0.25, 0.3) is 22.2 Å². The molecular weight excluding hydrogens is 429 g/mol. The number of thiophene rings is 1. The molecule has 1 aromatic carbocycles. The molecule has 0 bridgehead atoms. The summed E-state index contributed by atoms with van der Waals surface area (Å²) in [5.41, 5.74) is 0.472. The van der Waals surface area contributed by atoms with Crippen LogP contribution in [0.3, 0.4) is 0 Å². The zero-order valence-corrected chi connectivity index (χ0v) is 17.8. The molecule has 0 aliphatic heterocycles. The minimum atomic E-state index is -3.75. The molecule has 0 fully saturated rings. The minimum Gasteiger partial charge on any atom is -0.469 e. The molecule has 4 aromatic rings. The number of furan rings is 1. The Morgan fingerprint density at radius 2 is 2.07 bits per heavy atom. The van der Waals surface area contributed by atoms with Crippen LogP contribution >= 0.6 is 11.3 Å². The lowest BCUT2D eigenvalue weighted by atomic mass is 10.2. The van der Waals surface area contributed by atoms with Crippen LogP contribution in [0.5, 0.6) is 0 Å². The number of benzene rings is 1. The van der Waals surface area contributed by atoms with Gasteiger partial charge in [-0.3, -0.25) is 0 Å². The highest BCUT2D eigenvalue weighted by molar-refractivity contribution is 7.89. The van der Waals surface area contributed by atoms with Gasteiger partial charge in [0, 0.05) is 22.9 Å². The first-order chi connectivity index (χ1) is 14.3. The third-order valence-electron chi connectivity index (χ3n) is 4.33. The van der Waals surface area contributed by atoms with Crippen molar-refractivity contribution in [1.82, 2.24) is 14.9 Å². The van der Waals surface area contributed by atoms with Gasteiger partial charge in [0.1, 0.15) is 11.6 Å². The van der Waals surface area contributed by atoms with Gasteiger partial charge in [0.15, 0.2) is 0 Å². The lowest BCUT2D eigenvalue weighted by Gasteiger charge is -2.12. The van der Waals surface area contributed by atoms with Gasteiger partial charge in [-0.25, -0.2) is 17.5 Å². The van der Waals surface area contributed by atoms with Crippen LogP contribution in [0.15, 0.2) is 62.6 Å². The van der Waals surface area contributed by atoms with Crippen molar-refractivity contribution in [2.24, 2.45) is 0 Å². The average molecular weight is 448 g/mol. The highest BCUT2D eigenvalue weighted by Gasteiger charge is 2.24. The summed E-state index contributed by atoms with van der Waals surface area (Å²) in [5.74, 6) is 0.690. The van der Waals surface area contributed by atoms with Crippen LogP contribution in [0.1, 0.15) is 17.6 Å². The van der Waals surface area contributed by atoms with E-state index in [-0.39, 0.29) is 22.7 Å². The van der Waals surface area contributed by atoms with Gasteiger partial charge in [-0.15, -0.1) is 11.3 Å². The molecule has 3 aromatic heterocycles. The standard InChI is InChI=1S/C20H18FN3O4S2/c1-12(9-16-7-4-8-27-16)24-30(25,26)18-11-17(29-13(18)2)20-22-19(23-28-20)14-5-3-6-15(21)10-14/h3-8,10-12,24H,9H2,1-2H3/t12-/m0/s1. The Kier molecular flexibility index (Phi) is 5.54. The molecule has 10 heteroatoms. The molecule has 0 saturated carbocycles. The summed E-state index contributed by atoms with van der Waals surface area (Å²) in [6.45, 7) is 3.48. The van der Waals surface area contributed by atoms with E-state index in [2.05, 4.69) is 14.9 Å². The fourth-order valence-electron chi connectivity index (χ4n) is 3.01. The van der Waals surface area contributed by atoms with Gasteiger partial charge in [-0.2, -0.15) is 4.98 Å². The molecule has 0 aliphatic rings. The topological polar surface area (TPSA) is 98.2 Å². The van der Waals surface area contributed by atoms with Crippen molar-refractivity contribution < 1.29 is 21.7 Å². The molecule has 0 saturated heterocycles. The van der Waals surface area contributed by atoms with E-state index in [1.807, 2.05) is 0 Å². The summed E-state index contributed by atoms with van der Waals surface area (Å²) in [5, 5.41) is 3.87. The van der Waals surface area contributed by atoms with Crippen molar-refractivity contribution in [3.05, 3.63) is 65.2 Å². The predicted molar refractivity (Wildman–Crippen MR) is 110 cm³/mol. The Balaban J connectivity index is 1.56. The van der Waals surface area contributed by atoms with E-state index in [0.29, 0.717) is 27.5 Å². The normalized spacial score (nSPS) is 12.9. The molecule has 0 amide bonds. The van der Waals surface area contributed by atoms with E-state index in [1.54, 1.807) is 44.4 Å². The lowest BCUT2D eigenvalue weighted by molar-refractivity contribution is 0.433. The van der Waals surface area contributed by atoms with Crippen molar-refractivity contribution in [1.29, 1.82) is 0 Å². The summed E-state index contributed by atoms with van der Waals surface area (Å²) >= 11 is 1.23. The van der Waals surface area contributed by atoms with Crippen molar-refractivity contribution >= 4 is 21.4 Å². The largest absolute Gasteiger partial charge is 0.469 e. The number of aromatic nitrogens is 2. The van der Waals surface area contributed by atoms with E-state index in [0.717, 1.165) is 0 Å². The first-order valence-corrected chi connectivity index (χ1v) is 11.4. The zero-order chi connectivity index (χ0) is 21.3. The number of nitrogens with zero attached hydrogens (tertiary/aromatic N) is 2. The van der Waals surface area contributed by atoms with Gasteiger partial charge < -0.3 is 8.94 Å². The quantitative estimate of drug-likeness (QED) is 0.450. The summed E-state index contributed by atoms with van der Waals surface area (Å²) in [6, 6.07) is 10.5. The molecule has 0 aliphatic carbocycles. The minimum absolute atomic E-state index is 0.152. The molecule has 1 N–H and O–H groups in total. The number of sulfonamides is 1. The van der Waals surface area contributed by atoms with Crippen LogP contribution in [0.2, 0.25) is 0 Å². The second-order valence-electron chi connectivity index (χ2n) is 6.77. The van der Waals surface area contributed by atoms with Crippen LogP contribution in [-0.2, 0) is 16.4 Å². The average Bonchev–Trinajstić information content (AvgIpc) is 3.41. The molecule has 30 heavy (non-hydrogen) atoms. The Labute approximate surface area is 176 Å². The molecule has 0 unspecified atom stereocenters. The van der Waals surface area contributed by atoms with E-state index in [9.17, 15) is 12.8 Å². The lowest BCUT2D eigenvalue weighted by Crippen LogP contribution is -2.34. The third-order valence-corrected chi connectivity index (χ3v) is 7.21. The fourth-order valence-corrected chi connectivity index (χ4v) is 5.76. The number of hydrogen-bond donors (Lipinski definition) is 1. The highest BCUT2D eigenvalue weighted by Crippen LogP contribution is 2.33. The molecule has 0 radical (unpaired) electrons. The number of rotatable bonds is 7. The third kappa shape index (κ3) is 4.35. The van der Waals surface area contributed by atoms with Crippen LogP contribution in [0, 0.1) is 12.7 Å². The molecule has 3 heterocycles. The van der Waals surface area contributed by atoms with Crippen LogP contribution in [-0.4, -0.2) is 24.6 Å². The van der Waals surface area contributed by atoms with Gasteiger partial charge in [-0.05, 0) is 44.2 Å². The first kappa shape index (κ1) is 20.5. The summed E-state index contributed by atoms with van der Waals surface area (Å²) in [4.78, 5) is 5.54. The summed E-state index contributed by atoms with van der Waals surface area (Å²) < 4.78 is 52.4. The maximum atomic E-state index is 13.4. The molecule has 1 atom stereocenters. The molecule has 0 spiro atoms. The molecule has 156 valence electrons. The Hall–Kier alpha value is -2.82. The number of nitrogens with one attached hydrogen (secondary N) is 1. The Morgan fingerprint density at radius 1 is 1.23 bits per heavy atom. The van der Waals surface area contributed by atoms with E-state index < -0.39 is 15.8 Å². The first-order valence-electron chi connectivity index (χ1n) is 9.07. The second kappa shape index (κ2) is 8.13. The number of aryl methyl sites for hydroxylation is 1. The number of hydrogen-bond acceptors (Lipinski definition) is 7. The Morgan fingerprint density at radius 3 is 2.80 bits per heavy atom. The van der Waals surface area contributed by atoms with Gasteiger partial charge in [-0.1, -0.05) is 17.3 Å². The zero-order valence-electron chi connectivity index (χ0n) is 16.1. The summed E-state index contributed by atoms with van der Waals surface area (Å²) in [7, 11) is -3.75. The van der Waals surface area contributed by atoms with E-state index >= 15 is 0 Å². The van der Waals surface area contributed by atoms with Crippen molar-refractivity contribution in [2.45, 2.75) is 31.2 Å². The predicted octanol–water partition coefficient (Wildman–Crippen LogP) is 4.42. The molecule has 7 nitrogen and oxygen atoms in total. The fraction of sp³-hybridized carbons (Fsp3) is 0.200. The van der Waals surface area contributed by atoms with Gasteiger partial charge >= 0.3 is 0 Å². The van der Waals surface area contributed by atoms with Gasteiger partial charge in [0.2, 0.25) is 15.8 Å². The SMILES string of the molecule is Cc1sc(-c2nc(-c3cccc(F)c3)no2)cc1S(=O)(=O)N[C@@H](C)Cc1ccco1. The van der Waals surface area contributed by atoms with Crippen molar-refractivity contribution in [3.8, 4) is 22.2 Å². The maximum Gasteiger partial charge on any atom is 0.268 e. The smallest absolute Gasteiger partial charge is 0.268 e. The summed E-state index contributed by atoms with van der Waals surface area (Å²) in [6.07, 6.45) is 1.98.